The van der Waals surface area contributed by atoms with Gasteiger partial charge in [-0.3, -0.25) is 0 Å². The van der Waals surface area contributed by atoms with Crippen molar-refractivity contribution in [3.05, 3.63) is 0 Å². The summed E-state index contributed by atoms with van der Waals surface area (Å²) in [5, 5.41) is 38.3. The van der Waals surface area contributed by atoms with Crippen LogP contribution in [0.3, 0.4) is 0 Å². The van der Waals surface area contributed by atoms with E-state index in [4.69, 9.17) is 25.4 Å². The summed E-state index contributed by atoms with van der Waals surface area (Å²) in [6.45, 7) is 1.43. The Morgan fingerprint density at radius 2 is 1.40 bits per heavy atom. The van der Waals surface area contributed by atoms with Gasteiger partial charge in [0.05, 0.1) is 6.07 Å². The van der Waals surface area contributed by atoms with Gasteiger partial charge in [0.2, 0.25) is 0 Å². The third-order valence-corrected chi connectivity index (χ3v) is 0.243. The highest BCUT2D eigenvalue weighted by molar-refractivity contribution is 6.48. The van der Waals surface area contributed by atoms with E-state index in [1.54, 1.807) is 6.07 Å². The molecule has 0 radical (unpaired) electrons. The molecule has 10 heavy (non-hydrogen) atoms. The molecule has 0 aliphatic heterocycles. The average molecular weight is 147 g/mol. The SMILES string of the molecule is CC#N.OB(O)OB(O)O. The van der Waals surface area contributed by atoms with Gasteiger partial charge in [-0.25, -0.2) is 0 Å². The number of rotatable bonds is 2. The Morgan fingerprint density at radius 3 is 1.40 bits per heavy atom. The van der Waals surface area contributed by atoms with Crippen molar-refractivity contribution >= 4 is 14.6 Å². The van der Waals surface area contributed by atoms with Crippen LogP contribution in [0.1, 0.15) is 6.92 Å². The standard InChI is InChI=1S/C2H3N.B2H4O5/c1-2-3;3-1(4)7-2(5)6/h1H3;3-6H. The molecule has 56 valence electrons. The topological polar surface area (TPSA) is 114 Å². The zero-order valence-electron chi connectivity index (χ0n) is 5.30. The minimum absolute atomic E-state index is 1.43. The van der Waals surface area contributed by atoms with E-state index in [0.717, 1.165) is 0 Å². The molecule has 0 amide bonds. The first kappa shape index (κ1) is 12.1. The number of nitriles is 1. The van der Waals surface area contributed by atoms with Gasteiger partial charge in [-0.05, 0) is 0 Å². The Balaban J connectivity index is 0. The Kier molecular flexibility index (Phi) is 10.2. The lowest BCUT2D eigenvalue weighted by Gasteiger charge is -1.95. The van der Waals surface area contributed by atoms with Gasteiger partial charge in [0.1, 0.15) is 0 Å². The van der Waals surface area contributed by atoms with Gasteiger partial charge in [0, 0.05) is 6.92 Å². The predicted molar refractivity (Wildman–Crippen MR) is 32.8 cm³/mol. The molecule has 0 aliphatic carbocycles. The molecule has 6 nitrogen and oxygen atoms in total. The van der Waals surface area contributed by atoms with Crippen LogP contribution in [-0.2, 0) is 4.57 Å². The summed E-state index contributed by atoms with van der Waals surface area (Å²) in [5.74, 6) is 0. The second-order valence-corrected chi connectivity index (χ2v) is 1.01. The molecule has 0 rings (SSSR count). The van der Waals surface area contributed by atoms with Crippen LogP contribution in [0.4, 0.5) is 0 Å². The van der Waals surface area contributed by atoms with Crippen molar-refractivity contribution in [3.8, 4) is 6.07 Å². The quantitative estimate of drug-likeness (QED) is 0.320. The van der Waals surface area contributed by atoms with Crippen molar-refractivity contribution in [1.82, 2.24) is 0 Å². The molecule has 8 heteroatoms. The first-order chi connectivity index (χ1) is 4.54. The molecule has 0 aromatic rings. The van der Waals surface area contributed by atoms with E-state index in [2.05, 4.69) is 4.57 Å². The van der Waals surface area contributed by atoms with Gasteiger partial charge >= 0.3 is 14.6 Å². The van der Waals surface area contributed by atoms with Crippen LogP contribution in [0.5, 0.6) is 0 Å². The van der Waals surface area contributed by atoms with Crippen molar-refractivity contribution in [2.45, 2.75) is 6.92 Å². The maximum Gasteiger partial charge on any atom is 0.621 e. The molecule has 0 unspecified atom stereocenters. The summed E-state index contributed by atoms with van der Waals surface area (Å²) in [6.07, 6.45) is 0. The lowest BCUT2D eigenvalue weighted by molar-refractivity contribution is 0.213. The van der Waals surface area contributed by atoms with Gasteiger partial charge in [-0.2, -0.15) is 5.26 Å². The molecule has 0 aliphatic rings. The maximum atomic E-state index is 7.74. The van der Waals surface area contributed by atoms with Gasteiger partial charge in [0.25, 0.3) is 0 Å². The van der Waals surface area contributed by atoms with Crippen LogP contribution in [-0.4, -0.2) is 34.7 Å². The minimum Gasteiger partial charge on any atom is -0.402 e. The fraction of sp³-hybridized carbons (Fsp3) is 0.500. The van der Waals surface area contributed by atoms with Crippen molar-refractivity contribution in [2.24, 2.45) is 0 Å². The van der Waals surface area contributed by atoms with E-state index in [0.29, 0.717) is 0 Å². The number of hydrogen-bond acceptors (Lipinski definition) is 6. The predicted octanol–water partition coefficient (Wildman–Crippen LogP) is -2.53. The van der Waals surface area contributed by atoms with Gasteiger partial charge in [0.15, 0.2) is 0 Å². The van der Waals surface area contributed by atoms with Crippen molar-refractivity contribution in [3.63, 3.8) is 0 Å². The van der Waals surface area contributed by atoms with E-state index in [1.807, 2.05) is 0 Å². The molecule has 0 heterocycles. The van der Waals surface area contributed by atoms with Crippen LogP contribution in [0.15, 0.2) is 0 Å². The zero-order chi connectivity index (χ0) is 8.57. The Morgan fingerprint density at radius 1 is 1.20 bits per heavy atom. The first-order valence-electron chi connectivity index (χ1n) is 2.23. The van der Waals surface area contributed by atoms with E-state index >= 15 is 0 Å². The lowest BCUT2D eigenvalue weighted by atomic mass is 10.1. The van der Waals surface area contributed by atoms with Crippen LogP contribution >= 0.6 is 0 Å². The maximum absolute atomic E-state index is 7.74. The Hall–Kier alpha value is -0.580. The van der Waals surface area contributed by atoms with Crippen molar-refractivity contribution < 1.29 is 24.7 Å². The van der Waals surface area contributed by atoms with E-state index in [-0.39, 0.29) is 0 Å². The summed E-state index contributed by atoms with van der Waals surface area (Å²) in [4.78, 5) is 0. The lowest BCUT2D eigenvalue weighted by Crippen LogP contribution is -2.28. The fourth-order valence-electron chi connectivity index (χ4n) is 0.109. The average Bonchev–Trinajstić information content (AvgIpc) is 1.62. The first-order valence-corrected chi connectivity index (χ1v) is 2.23. The molecule has 0 atom stereocenters. The summed E-state index contributed by atoms with van der Waals surface area (Å²) in [7, 11) is -4.25. The molecular weight excluding hydrogens is 140 g/mol. The van der Waals surface area contributed by atoms with Crippen LogP contribution in [0, 0.1) is 11.3 Å². The van der Waals surface area contributed by atoms with Gasteiger partial charge in [-0.15, -0.1) is 0 Å². The smallest absolute Gasteiger partial charge is 0.402 e. The highest BCUT2D eigenvalue weighted by atomic mass is 16.7. The third-order valence-electron chi connectivity index (χ3n) is 0.243. The molecule has 0 aromatic heterocycles. The van der Waals surface area contributed by atoms with Gasteiger partial charge in [-0.1, -0.05) is 0 Å². The van der Waals surface area contributed by atoms with E-state index in [1.165, 1.54) is 6.92 Å². The summed E-state index contributed by atoms with van der Waals surface area (Å²) in [6, 6.07) is 1.75. The molecule has 0 spiro atoms. The van der Waals surface area contributed by atoms with Crippen LogP contribution in [0.25, 0.3) is 0 Å². The third kappa shape index (κ3) is 26.1. The largest absolute Gasteiger partial charge is 0.621 e. The minimum atomic E-state index is -2.13. The molecule has 0 saturated carbocycles. The summed E-state index contributed by atoms with van der Waals surface area (Å²) in [5.41, 5.74) is 0. The molecular formula is C2H7B2NO5. The second kappa shape index (κ2) is 8.42. The monoisotopic (exact) mass is 147 g/mol. The number of hydrogen-bond donors (Lipinski definition) is 4. The molecule has 0 saturated heterocycles. The molecule has 4 N–H and O–H groups in total. The molecule has 0 bridgehead atoms. The normalized spacial score (nSPS) is 6.80. The van der Waals surface area contributed by atoms with E-state index < -0.39 is 14.6 Å². The van der Waals surface area contributed by atoms with Crippen LogP contribution in [0.2, 0.25) is 0 Å². The van der Waals surface area contributed by atoms with Crippen LogP contribution < -0.4 is 0 Å². The highest BCUT2D eigenvalue weighted by Crippen LogP contribution is 1.73. The van der Waals surface area contributed by atoms with Crippen molar-refractivity contribution in [2.75, 3.05) is 0 Å². The second-order valence-electron chi connectivity index (χ2n) is 1.01. The summed E-state index contributed by atoms with van der Waals surface area (Å²) < 4.78 is 3.47. The summed E-state index contributed by atoms with van der Waals surface area (Å²) >= 11 is 0. The Bertz CT molecular complexity index is 94.3. The number of nitrogens with zero attached hydrogens (tertiary/aromatic N) is 1. The molecule has 0 aromatic carbocycles. The Labute approximate surface area is 58.6 Å². The fourth-order valence-corrected chi connectivity index (χ4v) is 0.109. The van der Waals surface area contributed by atoms with Gasteiger partial charge < -0.3 is 24.7 Å². The highest BCUT2D eigenvalue weighted by Gasteiger charge is 2.18. The van der Waals surface area contributed by atoms with E-state index in [9.17, 15) is 0 Å². The van der Waals surface area contributed by atoms with Crippen molar-refractivity contribution in [1.29, 1.82) is 5.26 Å². The zero-order valence-corrected chi connectivity index (χ0v) is 5.30. The molecule has 0 fully saturated rings.